The molecule has 0 aliphatic heterocycles. The third-order valence-electron chi connectivity index (χ3n) is 2.71. The Kier molecular flexibility index (Phi) is 3.93. The van der Waals surface area contributed by atoms with Crippen molar-refractivity contribution in [2.75, 3.05) is 0 Å². The van der Waals surface area contributed by atoms with Gasteiger partial charge in [-0.3, -0.25) is 4.79 Å². The summed E-state index contributed by atoms with van der Waals surface area (Å²) in [6.45, 7) is 3.10. The summed E-state index contributed by atoms with van der Waals surface area (Å²) in [4.78, 5) is 18.2. The highest BCUT2D eigenvalue weighted by Crippen LogP contribution is 2.29. The lowest BCUT2D eigenvalue weighted by atomic mass is 10.1. The second-order valence-electron chi connectivity index (χ2n) is 4.36. The van der Waals surface area contributed by atoms with Gasteiger partial charge in [0.1, 0.15) is 5.75 Å². The van der Waals surface area contributed by atoms with Gasteiger partial charge in [-0.25, -0.2) is 4.98 Å². The van der Waals surface area contributed by atoms with Crippen LogP contribution in [-0.2, 0) is 6.18 Å². The van der Waals surface area contributed by atoms with Crippen LogP contribution in [0, 0.1) is 6.92 Å². The van der Waals surface area contributed by atoms with Crippen LogP contribution in [0.2, 0.25) is 0 Å². The Bertz CT molecular complexity index is 684. The standard InChI is InChI=1S/C14H11F3N2O2/c1-8-7-10(9(2)20)3-4-11(8)21-13-18-6-5-12(19-13)14(15,16)17/h3-7H,1-2H3. The number of Topliss-reactive ketones (excluding diaryl/α,β-unsaturated/α-hetero) is 1. The largest absolute Gasteiger partial charge is 0.433 e. The molecule has 0 N–H and O–H groups in total. The van der Waals surface area contributed by atoms with E-state index in [4.69, 9.17) is 4.74 Å². The lowest BCUT2D eigenvalue weighted by molar-refractivity contribution is -0.141. The minimum absolute atomic E-state index is 0.111. The zero-order valence-corrected chi connectivity index (χ0v) is 11.2. The molecule has 0 unspecified atom stereocenters. The van der Waals surface area contributed by atoms with Crippen LogP contribution in [-0.4, -0.2) is 15.8 Å². The number of halogens is 3. The highest BCUT2D eigenvalue weighted by atomic mass is 19.4. The smallest absolute Gasteiger partial charge is 0.424 e. The van der Waals surface area contributed by atoms with Gasteiger partial charge >= 0.3 is 12.2 Å². The van der Waals surface area contributed by atoms with E-state index in [-0.39, 0.29) is 5.78 Å². The predicted molar refractivity (Wildman–Crippen MR) is 68.3 cm³/mol. The van der Waals surface area contributed by atoms with E-state index in [2.05, 4.69) is 9.97 Å². The Morgan fingerprint density at radius 3 is 2.52 bits per heavy atom. The van der Waals surface area contributed by atoms with E-state index in [0.717, 1.165) is 12.3 Å². The van der Waals surface area contributed by atoms with E-state index in [1.165, 1.54) is 19.1 Å². The third-order valence-corrected chi connectivity index (χ3v) is 2.71. The molecule has 0 fully saturated rings. The minimum Gasteiger partial charge on any atom is -0.424 e. The molecule has 0 bridgehead atoms. The van der Waals surface area contributed by atoms with Crippen molar-refractivity contribution in [1.29, 1.82) is 0 Å². The summed E-state index contributed by atoms with van der Waals surface area (Å²) in [6.07, 6.45) is -3.58. The summed E-state index contributed by atoms with van der Waals surface area (Å²) in [5.41, 5.74) is 0.0130. The van der Waals surface area contributed by atoms with E-state index >= 15 is 0 Å². The van der Waals surface area contributed by atoms with Crippen LogP contribution in [0.15, 0.2) is 30.5 Å². The maximum Gasteiger partial charge on any atom is 0.433 e. The van der Waals surface area contributed by atoms with Gasteiger partial charge in [0.2, 0.25) is 0 Å². The van der Waals surface area contributed by atoms with Crippen molar-refractivity contribution < 1.29 is 22.7 Å². The lowest BCUT2D eigenvalue weighted by Crippen LogP contribution is -2.09. The van der Waals surface area contributed by atoms with Crippen LogP contribution in [0.25, 0.3) is 0 Å². The summed E-state index contributed by atoms with van der Waals surface area (Å²) in [7, 11) is 0. The molecule has 0 saturated heterocycles. The van der Waals surface area contributed by atoms with Crippen LogP contribution in [0.4, 0.5) is 13.2 Å². The van der Waals surface area contributed by atoms with E-state index in [0.29, 0.717) is 16.9 Å². The van der Waals surface area contributed by atoms with Crippen LogP contribution in [0.5, 0.6) is 11.8 Å². The molecular weight excluding hydrogens is 285 g/mol. The molecule has 0 spiro atoms. The number of ether oxygens (including phenoxy) is 1. The lowest BCUT2D eigenvalue weighted by Gasteiger charge is -2.10. The molecule has 1 heterocycles. The molecule has 0 amide bonds. The molecule has 2 rings (SSSR count). The first kappa shape index (κ1) is 15.0. The Labute approximate surface area is 118 Å². The molecule has 0 aliphatic rings. The molecule has 4 nitrogen and oxygen atoms in total. The second-order valence-corrected chi connectivity index (χ2v) is 4.36. The Morgan fingerprint density at radius 2 is 1.95 bits per heavy atom. The van der Waals surface area contributed by atoms with E-state index in [1.807, 2.05) is 0 Å². The molecule has 7 heteroatoms. The summed E-state index contributed by atoms with van der Waals surface area (Å²) in [5, 5.41) is 0. The molecular formula is C14H11F3N2O2. The van der Waals surface area contributed by atoms with Crippen LogP contribution >= 0.6 is 0 Å². The zero-order chi connectivity index (χ0) is 15.6. The molecule has 0 atom stereocenters. The fraction of sp³-hybridized carbons (Fsp3) is 0.214. The SMILES string of the molecule is CC(=O)c1ccc(Oc2nccc(C(F)(F)F)n2)c(C)c1. The third kappa shape index (κ3) is 3.56. The fourth-order valence-electron chi connectivity index (χ4n) is 1.63. The number of ketones is 1. The summed E-state index contributed by atoms with van der Waals surface area (Å²) < 4.78 is 42.9. The topological polar surface area (TPSA) is 52.1 Å². The van der Waals surface area contributed by atoms with Crippen LogP contribution < -0.4 is 4.74 Å². The van der Waals surface area contributed by atoms with Crippen molar-refractivity contribution in [3.8, 4) is 11.8 Å². The molecule has 0 saturated carbocycles. The van der Waals surface area contributed by atoms with Gasteiger partial charge < -0.3 is 4.74 Å². The highest BCUT2D eigenvalue weighted by molar-refractivity contribution is 5.94. The first-order chi connectivity index (χ1) is 9.77. The number of nitrogens with zero attached hydrogens (tertiary/aromatic N) is 2. The number of rotatable bonds is 3. The Morgan fingerprint density at radius 1 is 1.24 bits per heavy atom. The van der Waals surface area contributed by atoms with Gasteiger partial charge in [-0.15, -0.1) is 0 Å². The molecule has 0 radical (unpaired) electrons. The number of carbonyl (C=O) groups is 1. The van der Waals surface area contributed by atoms with Crippen LogP contribution in [0.1, 0.15) is 28.5 Å². The predicted octanol–water partition coefficient (Wildman–Crippen LogP) is 3.80. The normalized spacial score (nSPS) is 11.3. The fourth-order valence-corrected chi connectivity index (χ4v) is 1.63. The van der Waals surface area contributed by atoms with Gasteiger partial charge in [-0.2, -0.15) is 18.2 Å². The van der Waals surface area contributed by atoms with Gasteiger partial charge in [0.25, 0.3) is 0 Å². The van der Waals surface area contributed by atoms with Gasteiger partial charge in [0, 0.05) is 11.8 Å². The monoisotopic (exact) mass is 296 g/mol. The average Bonchev–Trinajstić information content (AvgIpc) is 2.40. The number of alkyl halides is 3. The van der Waals surface area contributed by atoms with Gasteiger partial charge in [-0.1, -0.05) is 0 Å². The maximum absolute atomic E-state index is 12.5. The Hall–Kier alpha value is -2.44. The zero-order valence-electron chi connectivity index (χ0n) is 11.2. The van der Waals surface area contributed by atoms with Gasteiger partial charge in [0.05, 0.1) is 0 Å². The van der Waals surface area contributed by atoms with Crippen molar-refractivity contribution in [3.05, 3.63) is 47.3 Å². The summed E-state index contributed by atoms with van der Waals surface area (Å²) >= 11 is 0. The van der Waals surface area contributed by atoms with E-state index in [1.54, 1.807) is 13.0 Å². The number of carbonyl (C=O) groups excluding carboxylic acids is 1. The van der Waals surface area contributed by atoms with Gasteiger partial charge in [0.15, 0.2) is 11.5 Å². The first-order valence-corrected chi connectivity index (χ1v) is 5.97. The van der Waals surface area contributed by atoms with Crippen molar-refractivity contribution in [2.45, 2.75) is 20.0 Å². The van der Waals surface area contributed by atoms with E-state index in [9.17, 15) is 18.0 Å². The Balaban J connectivity index is 2.28. The van der Waals surface area contributed by atoms with Gasteiger partial charge in [-0.05, 0) is 43.7 Å². The average molecular weight is 296 g/mol. The number of aromatic nitrogens is 2. The summed E-state index contributed by atoms with van der Waals surface area (Å²) in [5.74, 6) is 0.180. The maximum atomic E-state index is 12.5. The molecule has 1 aromatic carbocycles. The minimum atomic E-state index is -4.56. The van der Waals surface area contributed by atoms with Crippen LogP contribution in [0.3, 0.4) is 0 Å². The first-order valence-electron chi connectivity index (χ1n) is 5.97. The number of benzene rings is 1. The number of hydrogen-bond acceptors (Lipinski definition) is 4. The van der Waals surface area contributed by atoms with Crippen molar-refractivity contribution >= 4 is 5.78 Å². The van der Waals surface area contributed by atoms with Crippen molar-refractivity contribution in [2.24, 2.45) is 0 Å². The molecule has 1 aromatic heterocycles. The van der Waals surface area contributed by atoms with Crippen molar-refractivity contribution in [3.63, 3.8) is 0 Å². The highest BCUT2D eigenvalue weighted by Gasteiger charge is 2.33. The van der Waals surface area contributed by atoms with E-state index < -0.39 is 17.9 Å². The van der Waals surface area contributed by atoms with Crippen molar-refractivity contribution in [1.82, 2.24) is 9.97 Å². The summed E-state index contributed by atoms with van der Waals surface area (Å²) in [6, 6.07) is 4.97. The second kappa shape index (κ2) is 5.51. The quantitative estimate of drug-likeness (QED) is 0.808. The molecule has 0 aliphatic carbocycles. The molecule has 110 valence electrons. The number of aryl methyl sites for hydroxylation is 1. The number of hydrogen-bond donors (Lipinski definition) is 0. The molecule has 21 heavy (non-hydrogen) atoms. The molecule has 2 aromatic rings.